The van der Waals surface area contributed by atoms with E-state index in [0.29, 0.717) is 0 Å². The summed E-state index contributed by atoms with van der Waals surface area (Å²) in [6, 6.07) is 14.9. The Morgan fingerprint density at radius 2 is 1.74 bits per heavy atom. The summed E-state index contributed by atoms with van der Waals surface area (Å²) in [5.74, 6) is -0.185. The van der Waals surface area contributed by atoms with Gasteiger partial charge >= 0.3 is 0 Å². The molecule has 2 aromatic carbocycles. The zero-order valence-corrected chi connectivity index (χ0v) is 15.2. The zero-order chi connectivity index (χ0) is 16.8. The van der Waals surface area contributed by atoms with Crippen molar-refractivity contribution in [3.8, 4) is 0 Å². The van der Waals surface area contributed by atoms with Crippen molar-refractivity contribution in [3.05, 3.63) is 53.0 Å². The maximum absolute atomic E-state index is 12.3. The molecule has 0 saturated carbocycles. The van der Waals surface area contributed by atoms with E-state index in [-0.39, 0.29) is 17.1 Å². The van der Waals surface area contributed by atoms with Gasteiger partial charge in [-0.25, -0.2) is 0 Å². The Hall–Kier alpha value is -1.79. The van der Waals surface area contributed by atoms with Crippen LogP contribution in [0.4, 0.5) is 11.4 Å². The number of amides is 2. The van der Waals surface area contributed by atoms with Gasteiger partial charge in [-0.1, -0.05) is 22.0 Å². The summed E-state index contributed by atoms with van der Waals surface area (Å²) in [6.45, 7) is 3.32. The average Bonchev–Trinajstić information content (AvgIpc) is 2.49. The van der Waals surface area contributed by atoms with Gasteiger partial charge in [0.1, 0.15) is 0 Å². The van der Waals surface area contributed by atoms with Crippen LogP contribution in [-0.4, -0.2) is 17.1 Å². The zero-order valence-electron chi connectivity index (χ0n) is 12.8. The number of rotatable bonds is 5. The van der Waals surface area contributed by atoms with Crippen LogP contribution in [0.2, 0.25) is 0 Å². The smallest absolute Gasteiger partial charge is 0.237 e. The van der Waals surface area contributed by atoms with E-state index in [0.717, 1.165) is 20.7 Å². The van der Waals surface area contributed by atoms with E-state index >= 15 is 0 Å². The summed E-state index contributed by atoms with van der Waals surface area (Å²) in [6.07, 6.45) is 0. The normalized spacial score (nSPS) is 11.6. The summed E-state index contributed by atoms with van der Waals surface area (Å²) in [4.78, 5) is 24.3. The lowest BCUT2D eigenvalue weighted by Crippen LogP contribution is -2.22. The molecule has 0 aliphatic heterocycles. The number of anilines is 2. The van der Waals surface area contributed by atoms with Crippen LogP contribution in [0.1, 0.15) is 13.8 Å². The molecule has 6 heteroatoms. The molecule has 0 aliphatic carbocycles. The number of halogens is 1. The Bertz CT molecular complexity index is 704. The van der Waals surface area contributed by atoms with Crippen LogP contribution in [0.15, 0.2) is 57.9 Å². The van der Waals surface area contributed by atoms with Crippen molar-refractivity contribution in [1.29, 1.82) is 0 Å². The van der Waals surface area contributed by atoms with E-state index in [4.69, 9.17) is 0 Å². The molecular weight excluding hydrogens is 376 g/mol. The highest BCUT2D eigenvalue weighted by Crippen LogP contribution is 2.26. The first-order valence-corrected chi connectivity index (χ1v) is 8.72. The van der Waals surface area contributed by atoms with Crippen LogP contribution >= 0.6 is 27.7 Å². The molecule has 1 unspecified atom stereocenters. The highest BCUT2D eigenvalue weighted by molar-refractivity contribution is 9.10. The van der Waals surface area contributed by atoms with Crippen LogP contribution < -0.4 is 10.6 Å². The van der Waals surface area contributed by atoms with Crippen molar-refractivity contribution in [2.75, 3.05) is 10.6 Å². The van der Waals surface area contributed by atoms with Crippen LogP contribution in [0.3, 0.4) is 0 Å². The average molecular weight is 393 g/mol. The summed E-state index contributed by atoms with van der Waals surface area (Å²) in [7, 11) is 0. The summed E-state index contributed by atoms with van der Waals surface area (Å²) in [5, 5.41) is 5.36. The molecule has 2 rings (SSSR count). The molecule has 0 saturated heterocycles. The Kier molecular flexibility index (Phi) is 6.24. The van der Waals surface area contributed by atoms with E-state index < -0.39 is 0 Å². The first-order chi connectivity index (χ1) is 10.9. The van der Waals surface area contributed by atoms with Crippen molar-refractivity contribution in [2.45, 2.75) is 24.0 Å². The number of nitrogens with one attached hydrogen (secondary N) is 2. The number of benzene rings is 2. The van der Waals surface area contributed by atoms with Gasteiger partial charge in [0.2, 0.25) is 11.8 Å². The van der Waals surface area contributed by atoms with Crippen LogP contribution in [0, 0.1) is 0 Å². The second-order valence-electron chi connectivity index (χ2n) is 4.97. The summed E-state index contributed by atoms with van der Waals surface area (Å²) < 4.78 is 0.965. The van der Waals surface area contributed by atoms with Crippen LogP contribution in [-0.2, 0) is 9.59 Å². The van der Waals surface area contributed by atoms with Crippen LogP contribution in [0.5, 0.6) is 0 Å². The Morgan fingerprint density at radius 1 is 1.04 bits per heavy atom. The standard InChI is InChI=1S/C17H17BrN2O2S/c1-11(17(22)20-14-8-6-13(18)7-9-14)23-16-5-3-4-15(10-16)19-12(2)21/h3-11H,1-2H3,(H,19,21)(H,20,22). The predicted molar refractivity (Wildman–Crippen MR) is 98.8 cm³/mol. The summed E-state index contributed by atoms with van der Waals surface area (Å²) >= 11 is 4.80. The fraction of sp³-hybridized carbons (Fsp3) is 0.176. The number of thioether (sulfide) groups is 1. The fourth-order valence-electron chi connectivity index (χ4n) is 1.89. The minimum Gasteiger partial charge on any atom is -0.326 e. The van der Waals surface area contributed by atoms with Gasteiger partial charge in [0, 0.05) is 27.7 Å². The minimum atomic E-state index is -0.258. The van der Waals surface area contributed by atoms with E-state index in [1.54, 1.807) is 0 Å². The van der Waals surface area contributed by atoms with Gasteiger partial charge in [-0.05, 0) is 49.4 Å². The Morgan fingerprint density at radius 3 is 2.39 bits per heavy atom. The van der Waals surface area contributed by atoms with Crippen molar-refractivity contribution in [3.63, 3.8) is 0 Å². The number of carbonyl (C=O) groups is 2. The molecule has 0 bridgehead atoms. The molecule has 0 aromatic heterocycles. The van der Waals surface area contributed by atoms with Gasteiger partial charge in [-0.3, -0.25) is 9.59 Å². The van der Waals surface area contributed by atoms with Crippen molar-refractivity contribution in [2.24, 2.45) is 0 Å². The van der Waals surface area contributed by atoms with E-state index in [2.05, 4.69) is 26.6 Å². The SMILES string of the molecule is CC(=O)Nc1cccc(SC(C)C(=O)Nc2ccc(Br)cc2)c1. The monoisotopic (exact) mass is 392 g/mol. The van der Waals surface area contributed by atoms with Crippen molar-refractivity contribution >= 4 is 50.9 Å². The molecule has 0 heterocycles. The lowest BCUT2D eigenvalue weighted by Gasteiger charge is -2.13. The van der Waals surface area contributed by atoms with E-state index in [1.165, 1.54) is 18.7 Å². The number of carbonyl (C=O) groups excluding carboxylic acids is 2. The molecule has 4 nitrogen and oxygen atoms in total. The number of hydrogen-bond donors (Lipinski definition) is 2. The second kappa shape index (κ2) is 8.17. The lowest BCUT2D eigenvalue weighted by atomic mass is 10.3. The Labute approximate surface area is 148 Å². The Balaban J connectivity index is 1.97. The largest absolute Gasteiger partial charge is 0.326 e. The topological polar surface area (TPSA) is 58.2 Å². The highest BCUT2D eigenvalue weighted by Gasteiger charge is 2.15. The molecule has 0 radical (unpaired) electrons. The molecule has 0 fully saturated rings. The molecule has 2 N–H and O–H groups in total. The molecule has 0 aliphatic rings. The predicted octanol–water partition coefficient (Wildman–Crippen LogP) is 4.53. The molecule has 2 aromatic rings. The van der Waals surface area contributed by atoms with Gasteiger partial charge in [-0.15, -0.1) is 11.8 Å². The molecule has 1 atom stereocenters. The third-order valence-corrected chi connectivity index (χ3v) is 4.57. The van der Waals surface area contributed by atoms with Gasteiger partial charge in [0.15, 0.2) is 0 Å². The maximum Gasteiger partial charge on any atom is 0.237 e. The molecule has 2 amide bonds. The molecule has 120 valence electrons. The fourth-order valence-corrected chi connectivity index (χ4v) is 3.08. The maximum atomic E-state index is 12.3. The highest BCUT2D eigenvalue weighted by atomic mass is 79.9. The molecule has 23 heavy (non-hydrogen) atoms. The molecular formula is C17H17BrN2O2S. The van der Waals surface area contributed by atoms with E-state index in [1.807, 2.05) is 55.5 Å². The molecule has 0 spiro atoms. The van der Waals surface area contributed by atoms with E-state index in [9.17, 15) is 9.59 Å². The van der Waals surface area contributed by atoms with Gasteiger partial charge < -0.3 is 10.6 Å². The first-order valence-electron chi connectivity index (χ1n) is 7.05. The minimum absolute atomic E-state index is 0.0674. The van der Waals surface area contributed by atoms with Gasteiger partial charge in [0.05, 0.1) is 5.25 Å². The quantitative estimate of drug-likeness (QED) is 0.734. The second-order valence-corrected chi connectivity index (χ2v) is 7.30. The van der Waals surface area contributed by atoms with Crippen molar-refractivity contribution < 1.29 is 9.59 Å². The first kappa shape index (κ1) is 17.6. The number of hydrogen-bond acceptors (Lipinski definition) is 3. The third kappa shape index (κ3) is 5.73. The third-order valence-electron chi connectivity index (χ3n) is 2.95. The lowest BCUT2D eigenvalue weighted by molar-refractivity contribution is -0.115. The van der Waals surface area contributed by atoms with Crippen LogP contribution in [0.25, 0.3) is 0 Å². The van der Waals surface area contributed by atoms with Crippen molar-refractivity contribution in [1.82, 2.24) is 0 Å². The van der Waals surface area contributed by atoms with Gasteiger partial charge in [-0.2, -0.15) is 0 Å². The van der Waals surface area contributed by atoms with Gasteiger partial charge in [0.25, 0.3) is 0 Å². The summed E-state index contributed by atoms with van der Waals surface area (Å²) in [5.41, 5.74) is 1.49.